The predicted molar refractivity (Wildman–Crippen MR) is 87.9 cm³/mol. The van der Waals surface area contributed by atoms with Crippen LogP contribution in [0.2, 0.25) is 5.02 Å². The van der Waals surface area contributed by atoms with Gasteiger partial charge >= 0.3 is 5.97 Å². The van der Waals surface area contributed by atoms with E-state index in [0.29, 0.717) is 16.3 Å². The van der Waals surface area contributed by atoms with Gasteiger partial charge in [0, 0.05) is 0 Å². The van der Waals surface area contributed by atoms with Gasteiger partial charge in [-0.25, -0.2) is 4.79 Å². The summed E-state index contributed by atoms with van der Waals surface area (Å²) in [5, 5.41) is 0.558. The molecule has 0 fully saturated rings. The van der Waals surface area contributed by atoms with E-state index >= 15 is 0 Å². The van der Waals surface area contributed by atoms with Crippen molar-refractivity contribution in [3.05, 3.63) is 58.3 Å². The Morgan fingerprint density at radius 3 is 2.55 bits per heavy atom. The average molecular weight is 323 g/mol. The summed E-state index contributed by atoms with van der Waals surface area (Å²) in [5.41, 5.74) is 2.02. The molecule has 118 valence electrons. The number of carbonyl (C=O) groups excluding carboxylic acids is 1. The van der Waals surface area contributed by atoms with Gasteiger partial charge in [-0.1, -0.05) is 35.9 Å². The van der Waals surface area contributed by atoms with E-state index in [1.165, 1.54) is 20.5 Å². The van der Waals surface area contributed by atoms with Crippen molar-refractivity contribution in [2.45, 2.75) is 6.92 Å². The Hall–Kier alpha value is -2.20. The van der Waals surface area contributed by atoms with E-state index in [1.807, 2.05) is 24.3 Å². The quantitative estimate of drug-likeness (QED) is 0.343. The van der Waals surface area contributed by atoms with Crippen LogP contribution in [0.15, 0.2) is 47.8 Å². The molecule has 0 spiro atoms. The van der Waals surface area contributed by atoms with Gasteiger partial charge in [0.2, 0.25) is 0 Å². The van der Waals surface area contributed by atoms with E-state index in [2.05, 4.69) is 0 Å². The zero-order valence-electron chi connectivity index (χ0n) is 13.1. The molecule has 0 saturated heterocycles. The number of benzene rings is 1. The van der Waals surface area contributed by atoms with Crippen molar-refractivity contribution in [3.8, 4) is 5.75 Å². The number of allylic oxidation sites excluding steroid dienone is 2. The lowest BCUT2D eigenvalue weighted by Gasteiger charge is -2.05. The van der Waals surface area contributed by atoms with E-state index in [9.17, 15) is 4.79 Å². The standard InChI is InChI=1S/C17H19ClO4/c1-12(14(11-20-2)17(19)22-4)6-5-7-13-8-9-15(18)16(10-13)21-3/h5-11H,1-4H3/b7-5+,12-6-,14-11+. The third-order valence-corrected chi connectivity index (χ3v) is 3.19. The Morgan fingerprint density at radius 2 is 1.95 bits per heavy atom. The van der Waals surface area contributed by atoms with Gasteiger partial charge < -0.3 is 14.2 Å². The van der Waals surface area contributed by atoms with E-state index in [4.69, 9.17) is 25.8 Å². The molecule has 4 nitrogen and oxygen atoms in total. The summed E-state index contributed by atoms with van der Waals surface area (Å²) in [6.45, 7) is 1.80. The third-order valence-electron chi connectivity index (χ3n) is 2.88. The lowest BCUT2D eigenvalue weighted by molar-refractivity contribution is -0.135. The highest BCUT2D eigenvalue weighted by molar-refractivity contribution is 6.32. The fourth-order valence-electron chi connectivity index (χ4n) is 1.70. The number of methoxy groups -OCH3 is 3. The lowest BCUT2D eigenvalue weighted by Crippen LogP contribution is -2.06. The lowest BCUT2D eigenvalue weighted by atomic mass is 10.1. The number of esters is 1. The summed E-state index contributed by atoms with van der Waals surface area (Å²) in [6.07, 6.45) is 6.86. The molecule has 1 rings (SSSR count). The number of halogens is 1. The largest absolute Gasteiger partial charge is 0.503 e. The van der Waals surface area contributed by atoms with Crippen molar-refractivity contribution in [1.82, 2.24) is 0 Å². The molecule has 1 aromatic rings. The van der Waals surface area contributed by atoms with Gasteiger partial charge in [0.05, 0.1) is 38.2 Å². The van der Waals surface area contributed by atoms with E-state index < -0.39 is 5.97 Å². The zero-order valence-corrected chi connectivity index (χ0v) is 13.8. The van der Waals surface area contributed by atoms with Crippen LogP contribution in [0.4, 0.5) is 0 Å². The maximum atomic E-state index is 11.6. The van der Waals surface area contributed by atoms with Crippen molar-refractivity contribution in [1.29, 1.82) is 0 Å². The molecule has 1 aromatic carbocycles. The second kappa shape index (κ2) is 8.95. The maximum Gasteiger partial charge on any atom is 0.341 e. The first-order chi connectivity index (χ1) is 10.5. The predicted octanol–water partition coefficient (Wildman–Crippen LogP) is 4.01. The summed E-state index contributed by atoms with van der Waals surface area (Å²) in [6, 6.07) is 5.46. The smallest absolute Gasteiger partial charge is 0.341 e. The molecule has 22 heavy (non-hydrogen) atoms. The van der Waals surface area contributed by atoms with E-state index in [-0.39, 0.29) is 0 Å². The maximum absolute atomic E-state index is 11.6. The minimum absolute atomic E-state index is 0.364. The van der Waals surface area contributed by atoms with Crippen molar-refractivity contribution in [3.63, 3.8) is 0 Å². The van der Waals surface area contributed by atoms with Gasteiger partial charge in [-0.15, -0.1) is 0 Å². The molecule has 5 heteroatoms. The van der Waals surface area contributed by atoms with Crippen LogP contribution in [0.5, 0.6) is 5.75 Å². The molecule has 0 saturated carbocycles. The van der Waals surface area contributed by atoms with Crippen LogP contribution in [0.3, 0.4) is 0 Å². The SMILES string of the molecule is CO\C=C(C(=O)OC)/C(C)=C\C=C\c1ccc(Cl)c(OC)c1. The van der Waals surface area contributed by atoms with Crippen LogP contribution in [0, 0.1) is 0 Å². The molecule has 0 unspecified atom stereocenters. The fourth-order valence-corrected chi connectivity index (χ4v) is 1.90. The molecule has 0 N–H and O–H groups in total. The highest BCUT2D eigenvalue weighted by Gasteiger charge is 2.11. The summed E-state index contributed by atoms with van der Waals surface area (Å²) < 4.78 is 14.8. The van der Waals surface area contributed by atoms with Gasteiger partial charge in [-0.3, -0.25) is 0 Å². The normalized spacial score (nSPS) is 12.4. The minimum atomic E-state index is -0.447. The summed E-state index contributed by atoms with van der Waals surface area (Å²) in [4.78, 5) is 11.6. The first kappa shape index (κ1) is 17.9. The Kier molecular flexibility index (Phi) is 7.26. The fraction of sp³-hybridized carbons (Fsp3) is 0.235. The molecule has 0 aromatic heterocycles. The number of ether oxygens (including phenoxy) is 3. The molecule has 0 bridgehead atoms. The third kappa shape index (κ3) is 4.97. The molecular weight excluding hydrogens is 304 g/mol. The second-order valence-electron chi connectivity index (χ2n) is 4.36. The van der Waals surface area contributed by atoms with Gasteiger partial charge in [-0.2, -0.15) is 0 Å². The Bertz CT molecular complexity index is 615. The highest BCUT2D eigenvalue weighted by Crippen LogP contribution is 2.25. The van der Waals surface area contributed by atoms with Gasteiger partial charge in [0.25, 0.3) is 0 Å². The minimum Gasteiger partial charge on any atom is -0.503 e. The Balaban J connectivity index is 2.94. The first-order valence-corrected chi connectivity index (χ1v) is 6.91. The van der Waals surface area contributed by atoms with Crippen LogP contribution < -0.4 is 4.74 Å². The van der Waals surface area contributed by atoms with Crippen LogP contribution in [0.25, 0.3) is 6.08 Å². The summed E-state index contributed by atoms with van der Waals surface area (Å²) in [7, 11) is 4.37. The van der Waals surface area contributed by atoms with Crippen molar-refractivity contribution in [2.24, 2.45) is 0 Å². The average Bonchev–Trinajstić information content (AvgIpc) is 2.53. The number of rotatable bonds is 6. The van der Waals surface area contributed by atoms with Crippen LogP contribution in [0.1, 0.15) is 12.5 Å². The van der Waals surface area contributed by atoms with Gasteiger partial charge in [-0.05, 0) is 30.2 Å². The molecule has 0 aliphatic heterocycles. The molecule has 0 aliphatic rings. The first-order valence-electron chi connectivity index (χ1n) is 6.53. The summed E-state index contributed by atoms with van der Waals surface area (Å²) >= 11 is 5.97. The monoisotopic (exact) mass is 322 g/mol. The van der Waals surface area contributed by atoms with Crippen molar-refractivity contribution in [2.75, 3.05) is 21.3 Å². The van der Waals surface area contributed by atoms with Gasteiger partial charge in [0.1, 0.15) is 5.75 Å². The van der Waals surface area contributed by atoms with Crippen LogP contribution in [-0.2, 0) is 14.3 Å². The van der Waals surface area contributed by atoms with E-state index in [1.54, 1.807) is 26.2 Å². The van der Waals surface area contributed by atoms with E-state index in [0.717, 1.165) is 11.1 Å². The van der Waals surface area contributed by atoms with Crippen LogP contribution in [-0.4, -0.2) is 27.3 Å². The van der Waals surface area contributed by atoms with Gasteiger partial charge in [0.15, 0.2) is 0 Å². The molecule has 0 radical (unpaired) electrons. The molecule has 0 atom stereocenters. The van der Waals surface area contributed by atoms with Crippen molar-refractivity contribution >= 4 is 23.6 Å². The van der Waals surface area contributed by atoms with Crippen LogP contribution >= 0.6 is 11.6 Å². The number of hydrogen-bond donors (Lipinski definition) is 0. The Morgan fingerprint density at radius 1 is 1.23 bits per heavy atom. The number of hydrogen-bond acceptors (Lipinski definition) is 4. The Labute approximate surface area is 135 Å². The second-order valence-corrected chi connectivity index (χ2v) is 4.77. The topological polar surface area (TPSA) is 44.8 Å². The zero-order chi connectivity index (χ0) is 16.5. The summed E-state index contributed by atoms with van der Waals surface area (Å²) in [5.74, 6) is 0.163. The molecule has 0 amide bonds. The molecule has 0 aliphatic carbocycles. The highest BCUT2D eigenvalue weighted by atomic mass is 35.5. The molecular formula is C17H19ClO4. The van der Waals surface area contributed by atoms with Crippen molar-refractivity contribution < 1.29 is 19.0 Å². The number of carbonyl (C=O) groups is 1. The molecule has 0 heterocycles.